The van der Waals surface area contributed by atoms with Crippen LogP contribution in [-0.4, -0.2) is 353 Å². The number of fused-ring (bicyclic) bond motifs is 3. The van der Waals surface area contributed by atoms with Crippen LogP contribution in [-0.2, 0) is 133 Å². The molecule has 2 saturated heterocycles. The minimum Gasteiger partial charge on any atom is -0.399 e. The van der Waals surface area contributed by atoms with E-state index in [1.165, 1.54) is 22.3 Å². The maximum Gasteiger partial charge on any atom is 0.494 e. The topological polar surface area (TPSA) is 269 Å². The van der Waals surface area contributed by atoms with Crippen LogP contribution in [0.4, 0.5) is 0 Å². The molecule has 2 aromatic rings. The highest BCUT2D eigenvalue weighted by atomic mass is 16.7. The summed E-state index contributed by atoms with van der Waals surface area (Å²) in [5.74, 6) is 0. The highest BCUT2D eigenvalue weighted by molar-refractivity contribution is 6.62. The van der Waals surface area contributed by atoms with Gasteiger partial charge in [-0.3, -0.25) is 0 Å². The van der Waals surface area contributed by atoms with Gasteiger partial charge in [0.15, 0.2) is 0 Å². The monoisotopic (exact) mass is 1530 g/mol. The molecule has 2 fully saturated rings. The quantitative estimate of drug-likeness (QED) is 0.0632. The molecule has 0 amide bonds. The normalized spacial score (nSPS) is 16.4. The molecule has 5 rings (SSSR count). The molecule has 0 saturated carbocycles. The van der Waals surface area contributed by atoms with Gasteiger partial charge in [0.1, 0.15) is 0 Å². The van der Waals surface area contributed by atoms with Crippen molar-refractivity contribution in [3.05, 3.63) is 47.5 Å². The predicted octanol–water partition coefficient (Wildman–Crippen LogP) is 5.50. The molecule has 3 aliphatic rings. The maximum absolute atomic E-state index is 8.69. The first-order chi connectivity index (χ1) is 52.1. The third kappa shape index (κ3) is 38.9. The molecular formula is C77H136B2O28. The molecule has 2 heterocycles. The van der Waals surface area contributed by atoms with Gasteiger partial charge in [-0.15, -0.1) is 0 Å². The summed E-state index contributed by atoms with van der Waals surface area (Å²) in [6, 6.07) is 13.5. The number of aliphatic hydroxyl groups is 1. The van der Waals surface area contributed by atoms with E-state index in [0.717, 1.165) is 43.0 Å². The van der Waals surface area contributed by atoms with Crippen molar-refractivity contribution >= 4 is 25.2 Å². The van der Waals surface area contributed by atoms with E-state index in [1.54, 1.807) is 14.2 Å². The van der Waals surface area contributed by atoms with Crippen molar-refractivity contribution in [2.75, 3.05) is 305 Å². The number of benzene rings is 2. The fourth-order valence-corrected chi connectivity index (χ4v) is 11.5. The van der Waals surface area contributed by atoms with Crippen molar-refractivity contribution < 1.29 is 133 Å². The Labute approximate surface area is 640 Å². The Hall–Kier alpha value is -2.55. The first-order valence-corrected chi connectivity index (χ1v) is 38.9. The van der Waals surface area contributed by atoms with E-state index < -0.39 is 42.1 Å². The summed E-state index contributed by atoms with van der Waals surface area (Å²) in [7, 11) is 2.34. The van der Waals surface area contributed by atoms with Gasteiger partial charge in [0, 0.05) is 26.2 Å². The van der Waals surface area contributed by atoms with E-state index in [9.17, 15) is 0 Å². The van der Waals surface area contributed by atoms with Crippen LogP contribution >= 0.6 is 0 Å². The second kappa shape index (κ2) is 58.3. The van der Waals surface area contributed by atoms with Gasteiger partial charge in [0.2, 0.25) is 0 Å². The number of rotatable bonds is 75. The SMILES string of the molecule is COCCOCCOCCOCCOCCOCCOCCOCCOCCOCCOCCOCCCC1(CCCC(COCCOCCOCCOCCOCCOCCOCCOCCOCCOCCO)OC)c2cc(B3OC(C)(C)C(C)(C)O3)ccc2-c2ccc(B3OC(C)(C)C(C)(C)O3)cc21. The first-order valence-electron chi connectivity index (χ1n) is 38.9. The average molecular weight is 1530 g/mol. The van der Waals surface area contributed by atoms with Crippen molar-refractivity contribution in [1.82, 2.24) is 0 Å². The lowest BCUT2D eigenvalue weighted by Crippen LogP contribution is -2.41. The van der Waals surface area contributed by atoms with Gasteiger partial charge in [-0.2, -0.15) is 0 Å². The molecule has 0 spiro atoms. The smallest absolute Gasteiger partial charge is 0.399 e. The van der Waals surface area contributed by atoms with Gasteiger partial charge in [0.05, 0.1) is 313 Å². The molecule has 2 aromatic carbocycles. The summed E-state index contributed by atoms with van der Waals surface area (Å²) in [6.07, 6.45) is 3.96. The Morgan fingerprint density at radius 1 is 0.299 bits per heavy atom. The lowest BCUT2D eigenvalue weighted by Gasteiger charge is -2.34. The molecule has 107 heavy (non-hydrogen) atoms. The lowest BCUT2D eigenvalue weighted by atomic mass is 9.67. The second-order valence-corrected chi connectivity index (χ2v) is 27.8. The number of aliphatic hydroxyl groups excluding tert-OH is 1. The zero-order valence-electron chi connectivity index (χ0n) is 66.8. The molecule has 1 unspecified atom stereocenters. The summed E-state index contributed by atoms with van der Waals surface area (Å²) >= 11 is 0. The molecule has 0 radical (unpaired) electrons. The van der Waals surface area contributed by atoms with Gasteiger partial charge in [-0.05, 0) is 121 Å². The molecule has 0 aromatic heterocycles. The van der Waals surface area contributed by atoms with Crippen LogP contribution in [0.3, 0.4) is 0 Å². The van der Waals surface area contributed by atoms with E-state index >= 15 is 0 Å². The molecule has 28 nitrogen and oxygen atoms in total. The van der Waals surface area contributed by atoms with Gasteiger partial charge >= 0.3 is 14.2 Å². The maximum atomic E-state index is 8.69. The van der Waals surface area contributed by atoms with Crippen LogP contribution in [0, 0.1) is 0 Å². The average Bonchev–Trinajstić information content (AvgIpc) is 1.56. The van der Waals surface area contributed by atoms with Crippen LogP contribution in [0.15, 0.2) is 36.4 Å². The van der Waals surface area contributed by atoms with E-state index in [4.69, 9.17) is 133 Å². The highest BCUT2D eigenvalue weighted by Crippen LogP contribution is 2.54. The Morgan fingerprint density at radius 3 is 0.785 bits per heavy atom. The molecule has 1 atom stereocenters. The third-order valence-electron chi connectivity index (χ3n) is 18.9. The van der Waals surface area contributed by atoms with Gasteiger partial charge in [-0.1, -0.05) is 36.4 Å². The lowest BCUT2D eigenvalue weighted by molar-refractivity contribution is -0.0333. The van der Waals surface area contributed by atoms with E-state index in [2.05, 4.69) is 91.8 Å². The van der Waals surface area contributed by atoms with Gasteiger partial charge in [0.25, 0.3) is 0 Å². The minimum atomic E-state index is -0.530. The van der Waals surface area contributed by atoms with Crippen molar-refractivity contribution in [3.8, 4) is 11.1 Å². The van der Waals surface area contributed by atoms with Crippen LogP contribution in [0.1, 0.15) is 98.6 Å². The highest BCUT2D eigenvalue weighted by Gasteiger charge is 2.54. The molecule has 618 valence electrons. The van der Waals surface area contributed by atoms with Crippen molar-refractivity contribution in [2.24, 2.45) is 0 Å². The third-order valence-corrected chi connectivity index (χ3v) is 18.9. The first kappa shape index (κ1) is 95.0. The van der Waals surface area contributed by atoms with Gasteiger partial charge < -0.3 is 133 Å². The minimum absolute atomic E-state index is 0.0114. The van der Waals surface area contributed by atoms with Crippen molar-refractivity contribution in [1.29, 1.82) is 0 Å². The van der Waals surface area contributed by atoms with E-state index in [1.807, 2.05) is 0 Å². The summed E-state index contributed by atoms with van der Waals surface area (Å²) in [5, 5.41) is 8.69. The van der Waals surface area contributed by atoms with Gasteiger partial charge in [-0.25, -0.2) is 0 Å². The molecule has 1 aliphatic carbocycles. The van der Waals surface area contributed by atoms with E-state index in [0.29, 0.717) is 284 Å². The zero-order valence-corrected chi connectivity index (χ0v) is 66.8. The fraction of sp³-hybridized carbons (Fsp3) is 0.844. The molecule has 0 bridgehead atoms. The number of hydrogen-bond acceptors (Lipinski definition) is 28. The predicted molar refractivity (Wildman–Crippen MR) is 404 cm³/mol. The second-order valence-electron chi connectivity index (χ2n) is 27.8. The fourth-order valence-electron chi connectivity index (χ4n) is 11.5. The Balaban J connectivity index is 0.953. The molecule has 2 aliphatic heterocycles. The Bertz CT molecular complexity index is 2350. The van der Waals surface area contributed by atoms with Crippen LogP contribution in [0.2, 0.25) is 0 Å². The molecule has 1 N–H and O–H groups in total. The summed E-state index contributed by atoms with van der Waals surface area (Å²) in [6.45, 7) is 37.3. The summed E-state index contributed by atoms with van der Waals surface area (Å²) in [5.41, 5.74) is 4.43. The molecular weight excluding hydrogens is 1390 g/mol. The van der Waals surface area contributed by atoms with Crippen LogP contribution in [0.25, 0.3) is 11.1 Å². The summed E-state index contributed by atoms with van der Waals surface area (Å²) in [4.78, 5) is 0. The zero-order chi connectivity index (χ0) is 76.7. The molecule has 30 heteroatoms. The number of hydrogen-bond donors (Lipinski definition) is 1. The standard InChI is InChI=1S/C77H136B2O28/c1-73(2)74(3,4)105-78(104-73)66-14-16-69-70-17-15-67(79-106-75(5,6)76(7,8)107-79)64-72(70)77(71(69)63-66,18-11-13-68(82-10)65-103-62-61-102-60-59-101-58-57-100-56-55-99-54-53-96-46-44-93-40-38-90-34-32-87-28-26-84-22-20-80)19-12-21-83-25-27-86-31-33-89-37-39-92-43-45-95-49-50-98-52-51-97-48-47-94-42-41-91-36-35-88-30-29-85-24-23-81-9/h14-17,63-64,68,80H,11-13,18-62,65H2,1-10H3. The summed E-state index contributed by atoms with van der Waals surface area (Å²) < 4.78 is 156. The number of methoxy groups -OCH3 is 2. The van der Waals surface area contributed by atoms with Crippen molar-refractivity contribution in [2.45, 2.75) is 121 Å². The van der Waals surface area contributed by atoms with Crippen LogP contribution < -0.4 is 10.9 Å². The largest absolute Gasteiger partial charge is 0.494 e. The Kier molecular flexibility index (Phi) is 51.8. The van der Waals surface area contributed by atoms with Crippen molar-refractivity contribution in [3.63, 3.8) is 0 Å². The van der Waals surface area contributed by atoms with E-state index in [-0.39, 0.29) is 12.7 Å². The Morgan fingerprint density at radius 2 is 0.533 bits per heavy atom. The number of ether oxygens (including phenoxy) is 23. The van der Waals surface area contributed by atoms with Crippen LogP contribution in [0.5, 0.6) is 0 Å².